The van der Waals surface area contributed by atoms with E-state index in [1.54, 1.807) is 0 Å². The number of carbonyl (C=O) groups excluding carboxylic acids is 1. The van der Waals surface area contributed by atoms with Crippen molar-refractivity contribution >= 4 is 17.2 Å². The molecule has 2 aromatic heterocycles. The minimum Gasteiger partial charge on any atom is -0.337 e. The van der Waals surface area contributed by atoms with Crippen molar-refractivity contribution in [2.45, 2.75) is 45.6 Å². The monoisotopic (exact) mass is 318 g/mol. The number of carbonyl (C=O) groups is 1. The van der Waals surface area contributed by atoms with Crippen LogP contribution < -0.4 is 0 Å². The van der Waals surface area contributed by atoms with Crippen LogP contribution in [0.3, 0.4) is 0 Å². The van der Waals surface area contributed by atoms with Gasteiger partial charge in [0.05, 0.1) is 5.01 Å². The average Bonchev–Trinajstić information content (AvgIpc) is 3.15. The van der Waals surface area contributed by atoms with Crippen LogP contribution in [0.4, 0.5) is 0 Å². The van der Waals surface area contributed by atoms with Crippen LogP contribution in [0.1, 0.15) is 60.0 Å². The number of aromatic nitrogens is 3. The van der Waals surface area contributed by atoms with Crippen LogP contribution in [0, 0.1) is 6.92 Å². The lowest BCUT2D eigenvalue weighted by Gasteiger charge is -2.32. The second kappa shape index (κ2) is 6.20. The molecule has 22 heavy (non-hydrogen) atoms. The van der Waals surface area contributed by atoms with Gasteiger partial charge in [-0.2, -0.15) is 0 Å². The molecule has 0 bridgehead atoms. The van der Waals surface area contributed by atoms with Crippen LogP contribution in [0.5, 0.6) is 0 Å². The van der Waals surface area contributed by atoms with Crippen LogP contribution in [0.2, 0.25) is 0 Å². The molecule has 3 rings (SSSR count). The van der Waals surface area contributed by atoms with Gasteiger partial charge in [0.25, 0.3) is 5.91 Å². The van der Waals surface area contributed by atoms with Gasteiger partial charge in [-0.15, -0.1) is 11.3 Å². The zero-order valence-corrected chi connectivity index (χ0v) is 14.1. The summed E-state index contributed by atoms with van der Waals surface area (Å²) in [7, 11) is 0. The largest absolute Gasteiger partial charge is 0.337 e. The van der Waals surface area contributed by atoms with Crippen molar-refractivity contribution in [3.05, 3.63) is 34.3 Å². The number of hydrogen-bond acceptors (Lipinski definition) is 4. The second-order valence-electron chi connectivity index (χ2n) is 6.13. The smallest absolute Gasteiger partial charge is 0.273 e. The summed E-state index contributed by atoms with van der Waals surface area (Å²) < 4.78 is 2.21. The first-order valence-corrected chi connectivity index (χ1v) is 8.68. The minimum atomic E-state index is 0.0525. The first-order valence-electron chi connectivity index (χ1n) is 7.80. The number of amides is 1. The van der Waals surface area contributed by atoms with Gasteiger partial charge >= 0.3 is 0 Å². The molecule has 6 heteroatoms. The molecule has 1 aliphatic heterocycles. The topological polar surface area (TPSA) is 51.0 Å². The van der Waals surface area contributed by atoms with E-state index in [9.17, 15) is 4.79 Å². The molecule has 0 aromatic carbocycles. The highest BCUT2D eigenvalue weighted by molar-refractivity contribution is 7.09. The number of piperidine rings is 1. The molecule has 1 amide bonds. The van der Waals surface area contributed by atoms with Crippen molar-refractivity contribution in [1.82, 2.24) is 19.4 Å². The Morgan fingerprint density at radius 1 is 1.45 bits per heavy atom. The second-order valence-corrected chi connectivity index (χ2v) is 7.19. The third-order valence-electron chi connectivity index (χ3n) is 4.17. The van der Waals surface area contributed by atoms with Gasteiger partial charge < -0.3 is 9.47 Å². The van der Waals surface area contributed by atoms with Crippen molar-refractivity contribution < 1.29 is 4.79 Å². The third-order valence-corrected chi connectivity index (χ3v) is 4.94. The zero-order chi connectivity index (χ0) is 15.7. The fraction of sp³-hybridized carbons (Fsp3) is 0.562. The fourth-order valence-electron chi connectivity index (χ4n) is 3.07. The summed E-state index contributed by atoms with van der Waals surface area (Å²) in [4.78, 5) is 23.4. The SMILES string of the molecule is Cc1nc(C(=O)N2CCC[C@H](c3nccn3C(C)C)C2)cs1. The number of aryl methyl sites for hydroxylation is 1. The Morgan fingerprint density at radius 3 is 2.95 bits per heavy atom. The summed E-state index contributed by atoms with van der Waals surface area (Å²) in [6, 6.07) is 0.393. The van der Waals surface area contributed by atoms with Gasteiger partial charge in [-0.3, -0.25) is 4.79 Å². The number of hydrogen-bond donors (Lipinski definition) is 0. The Morgan fingerprint density at radius 2 is 2.27 bits per heavy atom. The Balaban J connectivity index is 1.77. The summed E-state index contributed by atoms with van der Waals surface area (Å²) in [5, 5.41) is 2.79. The van der Waals surface area contributed by atoms with Gasteiger partial charge in [0.1, 0.15) is 11.5 Å². The van der Waals surface area contributed by atoms with Crippen LogP contribution in [0.15, 0.2) is 17.8 Å². The minimum absolute atomic E-state index is 0.0525. The van der Waals surface area contributed by atoms with Gasteiger partial charge in [-0.25, -0.2) is 9.97 Å². The highest BCUT2D eigenvalue weighted by Gasteiger charge is 2.29. The molecule has 0 saturated carbocycles. The van der Waals surface area contributed by atoms with E-state index in [-0.39, 0.29) is 5.91 Å². The number of rotatable bonds is 3. The van der Waals surface area contributed by atoms with E-state index in [4.69, 9.17) is 0 Å². The lowest BCUT2D eigenvalue weighted by atomic mass is 9.96. The quantitative estimate of drug-likeness (QED) is 0.873. The number of likely N-dealkylation sites (tertiary alicyclic amines) is 1. The predicted octanol–water partition coefficient (Wildman–Crippen LogP) is 3.25. The summed E-state index contributed by atoms with van der Waals surface area (Å²) in [6.45, 7) is 7.80. The molecule has 1 atom stereocenters. The Labute approximate surface area is 135 Å². The first kappa shape index (κ1) is 15.2. The zero-order valence-electron chi connectivity index (χ0n) is 13.3. The molecule has 0 spiro atoms. The van der Waals surface area contributed by atoms with Gasteiger partial charge in [0.2, 0.25) is 0 Å². The fourth-order valence-corrected chi connectivity index (χ4v) is 3.66. The average molecular weight is 318 g/mol. The summed E-state index contributed by atoms with van der Waals surface area (Å²) in [5.41, 5.74) is 0.579. The van der Waals surface area contributed by atoms with Crippen molar-refractivity contribution in [2.75, 3.05) is 13.1 Å². The van der Waals surface area contributed by atoms with Crippen molar-refractivity contribution in [1.29, 1.82) is 0 Å². The van der Waals surface area contributed by atoms with Crippen molar-refractivity contribution in [3.8, 4) is 0 Å². The van der Waals surface area contributed by atoms with E-state index in [2.05, 4.69) is 28.4 Å². The molecule has 0 aliphatic carbocycles. The van der Waals surface area contributed by atoms with E-state index in [0.29, 0.717) is 17.7 Å². The molecular formula is C16H22N4OS. The lowest BCUT2D eigenvalue weighted by Crippen LogP contribution is -2.40. The van der Waals surface area contributed by atoms with Crippen LogP contribution in [-0.2, 0) is 0 Å². The van der Waals surface area contributed by atoms with Crippen LogP contribution in [0.25, 0.3) is 0 Å². The molecular weight excluding hydrogens is 296 g/mol. The highest BCUT2D eigenvalue weighted by atomic mass is 32.1. The summed E-state index contributed by atoms with van der Waals surface area (Å²) in [6.07, 6.45) is 6.00. The van der Waals surface area contributed by atoms with Crippen molar-refractivity contribution in [2.24, 2.45) is 0 Å². The Bertz CT molecular complexity index is 661. The molecule has 0 unspecified atom stereocenters. The normalized spacial score (nSPS) is 18.9. The molecule has 1 fully saturated rings. The number of thiazole rings is 1. The number of nitrogens with zero attached hydrogens (tertiary/aromatic N) is 4. The molecule has 0 N–H and O–H groups in total. The van der Waals surface area contributed by atoms with Crippen LogP contribution >= 0.6 is 11.3 Å². The molecule has 2 aromatic rings. The lowest BCUT2D eigenvalue weighted by molar-refractivity contribution is 0.0697. The van der Waals surface area contributed by atoms with Gasteiger partial charge in [-0.1, -0.05) is 0 Å². The van der Waals surface area contributed by atoms with E-state index < -0.39 is 0 Å². The maximum Gasteiger partial charge on any atom is 0.273 e. The molecule has 118 valence electrons. The third kappa shape index (κ3) is 2.92. The highest BCUT2D eigenvalue weighted by Crippen LogP contribution is 2.28. The standard InChI is InChI=1S/C16H22N4OS/c1-11(2)20-8-6-17-15(20)13-5-4-7-19(9-13)16(21)14-10-22-12(3)18-14/h6,8,10-11,13H,4-5,7,9H2,1-3H3/t13-/m0/s1. The summed E-state index contributed by atoms with van der Waals surface area (Å²) >= 11 is 1.53. The van der Waals surface area contributed by atoms with Gasteiger partial charge in [0.15, 0.2) is 0 Å². The van der Waals surface area contributed by atoms with Crippen molar-refractivity contribution in [3.63, 3.8) is 0 Å². The maximum absolute atomic E-state index is 12.6. The Kier molecular flexibility index (Phi) is 4.29. The molecule has 1 saturated heterocycles. The van der Waals surface area contributed by atoms with E-state index in [1.165, 1.54) is 11.3 Å². The Hall–Kier alpha value is -1.69. The summed E-state index contributed by atoms with van der Waals surface area (Å²) in [5.74, 6) is 1.47. The molecule has 3 heterocycles. The van der Waals surface area contributed by atoms with Crippen LogP contribution in [-0.4, -0.2) is 38.4 Å². The number of imidazole rings is 1. The first-order chi connectivity index (χ1) is 10.6. The molecule has 0 radical (unpaired) electrons. The van der Waals surface area contributed by atoms with E-state index in [0.717, 1.165) is 36.8 Å². The predicted molar refractivity (Wildman–Crippen MR) is 87.3 cm³/mol. The molecule has 5 nitrogen and oxygen atoms in total. The van der Waals surface area contributed by atoms with E-state index >= 15 is 0 Å². The maximum atomic E-state index is 12.6. The van der Waals surface area contributed by atoms with Gasteiger partial charge in [0, 0.05) is 42.8 Å². The van der Waals surface area contributed by atoms with E-state index in [1.807, 2.05) is 29.6 Å². The molecule has 1 aliphatic rings. The van der Waals surface area contributed by atoms with Gasteiger partial charge in [-0.05, 0) is 33.6 Å².